The molecule has 0 saturated carbocycles. The van der Waals surface area contributed by atoms with Gasteiger partial charge in [-0.15, -0.1) is 0 Å². The number of carbonyl (C=O) groups excluding carboxylic acids is 5. The summed E-state index contributed by atoms with van der Waals surface area (Å²) in [5.74, 6) is 0.992. The van der Waals surface area contributed by atoms with Crippen LogP contribution in [0.5, 0.6) is 46.0 Å². The van der Waals surface area contributed by atoms with Crippen LogP contribution in [0.15, 0.2) is 171 Å². The molecule has 0 spiro atoms. The van der Waals surface area contributed by atoms with E-state index in [9.17, 15) is 37.1 Å². The quantitative estimate of drug-likeness (QED) is 0.00866. The predicted molar refractivity (Wildman–Crippen MR) is 505 cm³/mol. The monoisotopic (exact) mass is 1880 g/mol. The number of rotatable bonds is 25. The van der Waals surface area contributed by atoms with Gasteiger partial charge in [-0.05, 0) is 103 Å². The number of benzene rings is 7. The van der Waals surface area contributed by atoms with Crippen molar-refractivity contribution in [3.63, 3.8) is 0 Å². The third-order valence-electron chi connectivity index (χ3n) is 19.5. The van der Waals surface area contributed by atoms with Crippen molar-refractivity contribution in [3.05, 3.63) is 228 Å². The topological polar surface area (TPSA) is 423 Å². The minimum absolute atomic E-state index is 0.0118. The van der Waals surface area contributed by atoms with Gasteiger partial charge in [0.15, 0.2) is 46.3 Å². The van der Waals surface area contributed by atoms with E-state index in [-0.39, 0.29) is 87.8 Å². The normalized spacial score (nSPS) is 12.0. The van der Waals surface area contributed by atoms with Gasteiger partial charge in [-0.1, -0.05) is 70.3 Å². The molecule has 4 aromatic heterocycles. The number of urea groups is 3. The van der Waals surface area contributed by atoms with E-state index in [0.29, 0.717) is 110 Å². The molecule has 11 N–H and O–H groups in total. The van der Waals surface area contributed by atoms with Crippen LogP contribution in [0.4, 0.5) is 124 Å². The number of aromatic nitrogens is 8. The van der Waals surface area contributed by atoms with Gasteiger partial charge < -0.3 is 86.6 Å². The number of nitrogens with two attached hydrogens (primary N) is 3. The maximum Gasteiger partial charge on any atom is 0.330 e. The Balaban J connectivity index is 0.000000204. The van der Waals surface area contributed by atoms with Gasteiger partial charge in [0.05, 0.1) is 133 Å². The summed E-state index contributed by atoms with van der Waals surface area (Å²) < 4.78 is 99.8. The van der Waals surface area contributed by atoms with E-state index in [0.717, 1.165) is 11.6 Å². The Morgan fingerprint density at radius 2 is 0.811 bits per heavy atom. The molecular formula is C89H100Cl3F4N23O13. The van der Waals surface area contributed by atoms with Crippen molar-refractivity contribution in [3.8, 4) is 46.0 Å². The van der Waals surface area contributed by atoms with Crippen LogP contribution in [0.25, 0.3) is 0 Å². The lowest BCUT2D eigenvalue weighted by Crippen LogP contribution is -2.46. The number of allylic oxidation sites excluding steroid dienone is 1. The molecule has 7 heterocycles. The zero-order valence-electron chi connectivity index (χ0n) is 74.8. The summed E-state index contributed by atoms with van der Waals surface area (Å²) in [4.78, 5) is 104. The number of anilines is 16. The number of nitrogen functional groups attached to an aromatic ring is 3. The van der Waals surface area contributed by atoms with Gasteiger partial charge in [0.25, 0.3) is 0 Å². The van der Waals surface area contributed by atoms with Crippen LogP contribution < -0.4 is 111 Å². The van der Waals surface area contributed by atoms with E-state index in [1.807, 2.05) is 24.3 Å². The van der Waals surface area contributed by atoms with Crippen molar-refractivity contribution in [2.75, 3.05) is 178 Å². The molecule has 0 saturated heterocycles. The van der Waals surface area contributed by atoms with Crippen LogP contribution in [-0.4, -0.2) is 179 Å². The van der Waals surface area contributed by atoms with Crippen molar-refractivity contribution in [1.82, 2.24) is 44.8 Å². The van der Waals surface area contributed by atoms with Gasteiger partial charge in [-0.3, -0.25) is 39.0 Å². The van der Waals surface area contributed by atoms with E-state index < -0.39 is 46.6 Å². The first-order chi connectivity index (χ1) is 63.2. The number of methoxy groups -OCH3 is 8. The Morgan fingerprint density at radius 1 is 0.462 bits per heavy atom. The molecule has 11 aromatic rings. The second-order valence-electron chi connectivity index (χ2n) is 27.5. The first-order valence-electron chi connectivity index (χ1n) is 39.8. The van der Waals surface area contributed by atoms with E-state index in [4.69, 9.17) is 89.9 Å². The smallest absolute Gasteiger partial charge is 0.330 e. The SMILES string of the molecule is C=CC(=O)Cl.C=CC(=O)Nc1ccccc1Nc1ncc2c(n1)N(C)C(=O)N(c1cc(OC)cc(OC)c1F)C2.CCN(CC)CC.CNc1nc(Cl)ncc1CNc1cc(OC)cc(OC)c1F.COc1cc(OC)c(F)c(N2Cc3cnc(Cl)nc3N(C)C2=O)c1.COc1cc(OC)c(F)c(N2Cc3cnc(Nc4ccccc4N)nc3N(C)C2=O)c1.Nc1ccccc1N. The number of halogens is 7. The highest BCUT2D eigenvalue weighted by Gasteiger charge is 2.37. The highest BCUT2D eigenvalue weighted by Crippen LogP contribution is 2.43. The molecule has 3 aliphatic heterocycles. The van der Waals surface area contributed by atoms with Crippen molar-refractivity contribution >= 4 is 156 Å². The largest absolute Gasteiger partial charge is 0.497 e. The first-order valence-corrected chi connectivity index (χ1v) is 40.9. The molecule has 0 atom stereocenters. The van der Waals surface area contributed by atoms with Crippen molar-refractivity contribution in [2.45, 2.75) is 47.0 Å². The molecular weight excluding hydrogens is 1780 g/mol. The summed E-state index contributed by atoms with van der Waals surface area (Å²) in [5.41, 5.74) is 23.3. The van der Waals surface area contributed by atoms with Crippen LogP contribution in [-0.2, 0) is 35.8 Å². The molecule has 0 bridgehead atoms. The number of fused-ring (bicyclic) bond motifs is 3. The average molecular weight is 1880 g/mol. The molecule has 7 amide bonds. The van der Waals surface area contributed by atoms with Crippen LogP contribution in [0.2, 0.25) is 10.6 Å². The number of amides is 7. The van der Waals surface area contributed by atoms with E-state index in [1.165, 1.54) is 175 Å². The maximum absolute atomic E-state index is 15.0. The lowest BCUT2D eigenvalue weighted by molar-refractivity contribution is -0.112. The fraction of sp³-hybridized carbons (Fsp3) is 0.247. The van der Waals surface area contributed by atoms with E-state index in [1.54, 1.807) is 87.3 Å². The van der Waals surface area contributed by atoms with Gasteiger partial charge in [0.1, 0.15) is 46.3 Å². The lowest BCUT2D eigenvalue weighted by atomic mass is 10.1. The molecule has 0 radical (unpaired) electrons. The molecule has 43 heteroatoms. The summed E-state index contributed by atoms with van der Waals surface area (Å²) >= 11 is 16.2. The number of ether oxygens (including phenoxy) is 8. The third-order valence-corrected chi connectivity index (χ3v) is 20.1. The highest BCUT2D eigenvalue weighted by molar-refractivity contribution is 6.66. The molecule has 0 aliphatic carbocycles. The van der Waals surface area contributed by atoms with Crippen LogP contribution in [0.3, 0.4) is 0 Å². The van der Waals surface area contributed by atoms with E-state index >= 15 is 4.39 Å². The zero-order chi connectivity index (χ0) is 96.7. The van der Waals surface area contributed by atoms with E-state index in [2.05, 4.69) is 105 Å². The number of hydrogen-bond acceptors (Lipinski definition) is 29. The van der Waals surface area contributed by atoms with Crippen molar-refractivity contribution < 1.29 is 79.4 Å². The Kier molecular flexibility index (Phi) is 37.8. The van der Waals surface area contributed by atoms with Crippen LogP contribution >= 0.6 is 34.8 Å². The minimum atomic E-state index is -0.684. The average Bonchev–Trinajstić information content (AvgIpc) is 0.769. The second-order valence-corrected chi connectivity index (χ2v) is 28.5. The molecule has 698 valence electrons. The number of hydrogen-bond donors (Lipinski definition) is 8. The Hall–Kier alpha value is -15.2. The summed E-state index contributed by atoms with van der Waals surface area (Å²) in [6, 6.07) is 31.7. The van der Waals surface area contributed by atoms with Crippen LogP contribution in [0, 0.1) is 23.3 Å². The molecule has 0 unspecified atom stereocenters. The maximum atomic E-state index is 15.0. The van der Waals surface area contributed by atoms with Crippen molar-refractivity contribution in [2.24, 2.45) is 0 Å². The summed E-state index contributed by atoms with van der Waals surface area (Å²) in [6.45, 7) is 17.2. The third kappa shape index (κ3) is 26.1. The van der Waals surface area contributed by atoms with Gasteiger partial charge >= 0.3 is 18.1 Å². The fourth-order valence-corrected chi connectivity index (χ4v) is 12.7. The second kappa shape index (κ2) is 48.9. The standard InChI is InChI=1S/C24H23FN6O4.C21H21FN6O3.C15H14ClFN4O3.C14H16ClFN4O2.C6H8N2.C6H15N.C3H3ClO/c1-5-20(32)27-16-8-6-7-9-17(16)28-23-26-12-14-13-31(24(33)30(2)22(14)29-23)18-10-15(34-3)11-19(35-4)21(18)25;1-27-19-12(10-24-20(26-19)25-15-7-5-4-6-14(15)23)11-28(21(27)29)16-8-13(30-2)9-17(31-3)18(16)22;1-20-13-8(6-18-14(16)19-13)7-21(15(20)22)10-4-9(23-2)5-11(24-3)12(10)17;1-17-13-8(7-19-14(15)20-13)6-18-10-4-9(21-2)5-11(22-3)12(10)16;7-5-3-1-2-4-6(5)8;1-4-7(5-2)6-3;1-2-3(4)5/h5-12H,1,13H2,2-4H3,(H,27,32)(H,26,28,29);4-10H,11,23H2,1-3H3,(H,24,25,26);4-6H,7H2,1-3H3;4-5,7,18H,6H2,1-3H3,(H,17,19,20);1-4H,7-8H2;4-6H2,1-3H3;2H,1H2. The highest BCUT2D eigenvalue weighted by atomic mass is 35.5. The summed E-state index contributed by atoms with van der Waals surface area (Å²) in [6.07, 6.45) is 8.44. The number of nitrogens with zero attached hydrogens (tertiary/aromatic N) is 15. The zero-order valence-corrected chi connectivity index (χ0v) is 77.0. The number of nitrogens with one attached hydrogen (secondary N) is 5. The molecule has 132 heavy (non-hydrogen) atoms. The summed E-state index contributed by atoms with van der Waals surface area (Å²) in [7, 11) is 17.6. The van der Waals surface area contributed by atoms with Crippen molar-refractivity contribution in [1.29, 1.82) is 0 Å². The molecule has 0 fully saturated rings. The molecule has 7 aromatic carbocycles. The minimum Gasteiger partial charge on any atom is -0.497 e. The Labute approximate surface area is 774 Å². The molecule has 14 rings (SSSR count). The number of para-hydroxylation sites is 6. The first kappa shape index (κ1) is 102. The lowest BCUT2D eigenvalue weighted by Gasteiger charge is -2.34. The molecule has 3 aliphatic rings. The van der Waals surface area contributed by atoms with Gasteiger partial charge in [0, 0.05) is 130 Å². The fourth-order valence-electron chi connectivity index (χ4n) is 12.5. The molecule has 36 nitrogen and oxygen atoms in total. The Morgan fingerprint density at radius 3 is 1.17 bits per heavy atom. The van der Waals surface area contributed by atoms with Crippen LogP contribution in [0.1, 0.15) is 43.0 Å². The van der Waals surface area contributed by atoms with Gasteiger partial charge in [0.2, 0.25) is 33.6 Å². The number of carbonyl (C=O) groups is 5. The van der Waals surface area contributed by atoms with Gasteiger partial charge in [-0.25, -0.2) is 56.9 Å². The summed E-state index contributed by atoms with van der Waals surface area (Å²) in [5, 5.41) is 14.4. The Bertz CT molecular complexity index is 5900. The van der Waals surface area contributed by atoms with Gasteiger partial charge in [-0.2, -0.15) is 15.0 Å². The predicted octanol–water partition coefficient (Wildman–Crippen LogP) is 16.6.